The summed E-state index contributed by atoms with van der Waals surface area (Å²) in [6, 6.07) is 9.36. The SMILES string of the molecule is N#CCc1ccc(NC(=O)CSCCN)cc1. The average molecular weight is 249 g/mol. The van der Waals surface area contributed by atoms with Crippen LogP contribution in [-0.2, 0) is 11.2 Å². The topological polar surface area (TPSA) is 78.9 Å². The number of hydrogen-bond donors (Lipinski definition) is 2. The van der Waals surface area contributed by atoms with Crippen LogP contribution in [0.3, 0.4) is 0 Å². The van der Waals surface area contributed by atoms with Gasteiger partial charge in [0.25, 0.3) is 0 Å². The zero-order valence-corrected chi connectivity index (χ0v) is 10.3. The second-order valence-corrected chi connectivity index (χ2v) is 4.53. The van der Waals surface area contributed by atoms with Crippen LogP contribution in [0.2, 0.25) is 0 Å². The second kappa shape index (κ2) is 7.71. The molecule has 0 heterocycles. The molecule has 17 heavy (non-hydrogen) atoms. The molecule has 0 atom stereocenters. The van der Waals surface area contributed by atoms with E-state index in [1.165, 1.54) is 11.8 Å². The second-order valence-electron chi connectivity index (χ2n) is 3.42. The number of thioether (sulfide) groups is 1. The first kappa shape index (κ1) is 13.6. The Labute approximate surface area is 105 Å². The minimum absolute atomic E-state index is 0.0310. The number of anilines is 1. The average Bonchev–Trinajstić information content (AvgIpc) is 2.32. The summed E-state index contributed by atoms with van der Waals surface area (Å²) in [5, 5.41) is 11.3. The number of nitriles is 1. The van der Waals surface area contributed by atoms with Crippen molar-refractivity contribution in [3.63, 3.8) is 0 Å². The molecule has 0 unspecified atom stereocenters. The van der Waals surface area contributed by atoms with Crippen LogP contribution in [0.1, 0.15) is 5.56 Å². The molecule has 0 aliphatic carbocycles. The maximum atomic E-state index is 11.5. The Morgan fingerprint density at radius 2 is 2.12 bits per heavy atom. The van der Waals surface area contributed by atoms with Crippen molar-refractivity contribution in [1.29, 1.82) is 5.26 Å². The summed E-state index contributed by atoms with van der Waals surface area (Å²) in [7, 11) is 0. The van der Waals surface area contributed by atoms with Crippen molar-refractivity contribution in [3.8, 4) is 6.07 Å². The molecule has 0 aliphatic rings. The fourth-order valence-electron chi connectivity index (χ4n) is 1.24. The summed E-state index contributed by atoms with van der Waals surface area (Å²) >= 11 is 1.51. The fraction of sp³-hybridized carbons (Fsp3) is 0.333. The minimum Gasteiger partial charge on any atom is -0.330 e. The van der Waals surface area contributed by atoms with Gasteiger partial charge in [-0.05, 0) is 17.7 Å². The van der Waals surface area contributed by atoms with Gasteiger partial charge in [0.05, 0.1) is 18.2 Å². The van der Waals surface area contributed by atoms with Crippen LogP contribution in [0, 0.1) is 11.3 Å². The van der Waals surface area contributed by atoms with E-state index in [1.54, 1.807) is 12.1 Å². The summed E-state index contributed by atoms with van der Waals surface area (Å²) in [5.41, 5.74) is 7.04. The molecule has 0 saturated heterocycles. The van der Waals surface area contributed by atoms with Crippen LogP contribution in [0.5, 0.6) is 0 Å². The normalized spacial score (nSPS) is 9.65. The van der Waals surface area contributed by atoms with Gasteiger partial charge in [-0.15, -0.1) is 0 Å². The van der Waals surface area contributed by atoms with Crippen LogP contribution in [0.15, 0.2) is 24.3 Å². The highest BCUT2D eigenvalue weighted by Crippen LogP contribution is 2.10. The fourth-order valence-corrected chi connectivity index (χ4v) is 1.81. The molecule has 0 aliphatic heterocycles. The maximum Gasteiger partial charge on any atom is 0.234 e. The Balaban J connectivity index is 2.41. The van der Waals surface area contributed by atoms with Crippen LogP contribution < -0.4 is 11.1 Å². The van der Waals surface area contributed by atoms with Crippen LogP contribution in [0.25, 0.3) is 0 Å². The molecule has 0 spiro atoms. The smallest absolute Gasteiger partial charge is 0.234 e. The standard InChI is InChI=1S/C12H15N3OS/c13-6-5-10-1-3-11(4-2-10)15-12(16)9-17-8-7-14/h1-4H,5,7-9,14H2,(H,15,16). The Morgan fingerprint density at radius 1 is 1.41 bits per heavy atom. The lowest BCUT2D eigenvalue weighted by Gasteiger charge is -2.05. The molecule has 90 valence electrons. The molecule has 0 radical (unpaired) electrons. The van der Waals surface area contributed by atoms with E-state index >= 15 is 0 Å². The Bertz CT molecular complexity index is 397. The molecule has 5 heteroatoms. The first-order valence-corrected chi connectivity index (χ1v) is 6.45. The number of nitrogens with one attached hydrogen (secondary N) is 1. The van der Waals surface area contributed by atoms with Gasteiger partial charge in [-0.2, -0.15) is 17.0 Å². The summed E-state index contributed by atoms with van der Waals surface area (Å²) < 4.78 is 0. The lowest BCUT2D eigenvalue weighted by atomic mass is 10.1. The molecule has 0 bridgehead atoms. The van der Waals surface area contributed by atoms with E-state index in [1.807, 2.05) is 12.1 Å². The molecule has 1 rings (SSSR count). The number of carbonyl (C=O) groups is 1. The molecule has 3 N–H and O–H groups in total. The molecular formula is C12H15N3OS. The van der Waals surface area contributed by atoms with Gasteiger partial charge in [-0.1, -0.05) is 12.1 Å². The van der Waals surface area contributed by atoms with E-state index in [0.29, 0.717) is 18.7 Å². The van der Waals surface area contributed by atoms with Gasteiger partial charge < -0.3 is 11.1 Å². The Kier molecular flexibility index (Phi) is 6.15. The highest BCUT2D eigenvalue weighted by molar-refractivity contribution is 7.99. The molecule has 1 aromatic rings. The lowest BCUT2D eigenvalue weighted by molar-refractivity contribution is -0.113. The van der Waals surface area contributed by atoms with Gasteiger partial charge in [-0.25, -0.2) is 0 Å². The summed E-state index contributed by atoms with van der Waals surface area (Å²) in [4.78, 5) is 11.5. The van der Waals surface area contributed by atoms with Gasteiger partial charge in [0.2, 0.25) is 5.91 Å². The zero-order valence-electron chi connectivity index (χ0n) is 9.48. The molecule has 1 aromatic carbocycles. The summed E-state index contributed by atoms with van der Waals surface area (Å²) in [6.45, 7) is 0.584. The minimum atomic E-state index is -0.0310. The van der Waals surface area contributed by atoms with Crippen molar-refractivity contribution < 1.29 is 4.79 Å². The number of nitrogens with zero attached hydrogens (tertiary/aromatic N) is 1. The summed E-state index contributed by atoms with van der Waals surface area (Å²) in [5.74, 6) is 1.17. The van der Waals surface area contributed by atoms with Gasteiger partial charge >= 0.3 is 0 Å². The molecule has 4 nitrogen and oxygen atoms in total. The van der Waals surface area contributed by atoms with Crippen molar-refractivity contribution in [2.24, 2.45) is 5.73 Å². The maximum absolute atomic E-state index is 11.5. The van der Waals surface area contributed by atoms with Crippen molar-refractivity contribution in [3.05, 3.63) is 29.8 Å². The molecular weight excluding hydrogens is 234 g/mol. The van der Waals surface area contributed by atoms with Crippen molar-refractivity contribution >= 4 is 23.4 Å². The third kappa shape index (κ3) is 5.38. The molecule has 0 saturated carbocycles. The quantitative estimate of drug-likeness (QED) is 0.747. The number of nitrogens with two attached hydrogens (primary N) is 1. The highest BCUT2D eigenvalue weighted by Gasteiger charge is 2.02. The molecule has 0 fully saturated rings. The third-order valence-corrected chi connectivity index (χ3v) is 3.01. The van der Waals surface area contributed by atoms with E-state index < -0.39 is 0 Å². The van der Waals surface area contributed by atoms with E-state index in [2.05, 4.69) is 11.4 Å². The summed E-state index contributed by atoms with van der Waals surface area (Å²) in [6.07, 6.45) is 0.389. The monoisotopic (exact) mass is 249 g/mol. The Hall–Kier alpha value is -1.51. The number of amides is 1. The number of carbonyl (C=O) groups excluding carboxylic acids is 1. The molecule has 0 aromatic heterocycles. The van der Waals surface area contributed by atoms with E-state index in [4.69, 9.17) is 11.0 Å². The van der Waals surface area contributed by atoms with Gasteiger partial charge in [-0.3, -0.25) is 4.79 Å². The van der Waals surface area contributed by atoms with Crippen LogP contribution in [0.4, 0.5) is 5.69 Å². The van der Waals surface area contributed by atoms with E-state index in [0.717, 1.165) is 17.0 Å². The zero-order chi connectivity index (χ0) is 12.5. The van der Waals surface area contributed by atoms with E-state index in [9.17, 15) is 4.79 Å². The van der Waals surface area contributed by atoms with Crippen LogP contribution >= 0.6 is 11.8 Å². The van der Waals surface area contributed by atoms with Crippen molar-refractivity contribution in [1.82, 2.24) is 0 Å². The predicted octanol–water partition coefficient (Wildman–Crippen LogP) is 1.38. The molecule has 1 amide bonds. The third-order valence-electron chi connectivity index (χ3n) is 2.02. The lowest BCUT2D eigenvalue weighted by Crippen LogP contribution is -2.15. The van der Waals surface area contributed by atoms with Gasteiger partial charge in [0.15, 0.2) is 0 Å². The van der Waals surface area contributed by atoms with Gasteiger partial charge in [0, 0.05) is 18.0 Å². The highest BCUT2D eigenvalue weighted by atomic mass is 32.2. The Morgan fingerprint density at radius 3 is 2.71 bits per heavy atom. The first-order chi connectivity index (χ1) is 8.26. The van der Waals surface area contributed by atoms with Crippen molar-refractivity contribution in [2.45, 2.75) is 6.42 Å². The van der Waals surface area contributed by atoms with Crippen molar-refractivity contribution in [2.75, 3.05) is 23.4 Å². The van der Waals surface area contributed by atoms with E-state index in [-0.39, 0.29) is 5.91 Å². The first-order valence-electron chi connectivity index (χ1n) is 5.30. The predicted molar refractivity (Wildman–Crippen MR) is 70.8 cm³/mol. The number of rotatable bonds is 6. The largest absolute Gasteiger partial charge is 0.330 e. The van der Waals surface area contributed by atoms with Gasteiger partial charge in [0.1, 0.15) is 0 Å². The number of hydrogen-bond acceptors (Lipinski definition) is 4. The number of benzene rings is 1. The van der Waals surface area contributed by atoms with Crippen LogP contribution in [-0.4, -0.2) is 24.0 Å².